The smallest absolute Gasteiger partial charge is 0.203 e. The molecule has 0 saturated carbocycles. The zero-order chi connectivity index (χ0) is 15.2. The summed E-state index contributed by atoms with van der Waals surface area (Å²) in [6.45, 7) is 2.38. The highest BCUT2D eigenvalue weighted by Crippen LogP contribution is 2.39. The number of methoxy groups -OCH3 is 2. The van der Waals surface area contributed by atoms with E-state index >= 15 is 0 Å². The van der Waals surface area contributed by atoms with Crippen LogP contribution in [-0.4, -0.2) is 19.2 Å². The molecule has 0 aliphatic rings. The minimum absolute atomic E-state index is 0.368. The molecule has 0 N–H and O–H groups in total. The van der Waals surface area contributed by atoms with Gasteiger partial charge in [-0.2, -0.15) is 0 Å². The normalized spacial score (nSPS) is 10.3. The van der Waals surface area contributed by atoms with E-state index in [1.807, 2.05) is 31.2 Å². The van der Waals surface area contributed by atoms with Gasteiger partial charge in [0.2, 0.25) is 5.75 Å². The monoisotopic (exact) mass is 351 g/mol. The molecular weight excluding hydrogens is 334 g/mol. The predicted molar refractivity (Wildman–Crippen MR) is 85.5 cm³/mol. The van der Waals surface area contributed by atoms with Gasteiger partial charge < -0.3 is 14.2 Å². The van der Waals surface area contributed by atoms with Gasteiger partial charge in [-0.1, -0.05) is 22.0 Å². The van der Waals surface area contributed by atoms with Crippen LogP contribution in [0.15, 0.2) is 30.5 Å². The fourth-order valence-electron chi connectivity index (χ4n) is 1.96. The number of hydrogen-bond donors (Lipinski definition) is 0. The first-order chi connectivity index (χ1) is 10.2. The van der Waals surface area contributed by atoms with Crippen molar-refractivity contribution in [3.05, 3.63) is 47.3 Å². The van der Waals surface area contributed by atoms with Crippen LogP contribution in [0.1, 0.15) is 16.8 Å². The second kappa shape index (κ2) is 7.31. The summed E-state index contributed by atoms with van der Waals surface area (Å²) in [7, 11) is 3.23. The lowest BCUT2D eigenvalue weighted by Gasteiger charge is -2.16. The Morgan fingerprint density at radius 1 is 1.14 bits per heavy atom. The fraction of sp³-hybridized carbons (Fsp3) is 0.312. The Balaban J connectivity index is 2.28. The Kier molecular flexibility index (Phi) is 5.44. The molecule has 4 nitrogen and oxygen atoms in total. The summed E-state index contributed by atoms with van der Waals surface area (Å²) >= 11 is 3.43. The van der Waals surface area contributed by atoms with Crippen LogP contribution in [0, 0.1) is 6.92 Å². The summed E-state index contributed by atoms with van der Waals surface area (Å²) in [5, 5.41) is 0.722. The highest BCUT2D eigenvalue weighted by molar-refractivity contribution is 9.08. The quantitative estimate of drug-likeness (QED) is 0.740. The number of pyridine rings is 1. The molecule has 0 radical (unpaired) electrons. The van der Waals surface area contributed by atoms with Crippen molar-refractivity contribution in [1.29, 1.82) is 0 Å². The van der Waals surface area contributed by atoms with E-state index in [2.05, 4.69) is 20.9 Å². The van der Waals surface area contributed by atoms with Gasteiger partial charge in [0.15, 0.2) is 11.5 Å². The molecule has 0 atom stereocenters. The van der Waals surface area contributed by atoms with Crippen LogP contribution >= 0.6 is 15.9 Å². The van der Waals surface area contributed by atoms with E-state index in [1.165, 1.54) is 0 Å². The largest absolute Gasteiger partial charge is 0.493 e. The predicted octanol–water partition coefficient (Wildman–Crippen LogP) is 3.88. The van der Waals surface area contributed by atoms with Gasteiger partial charge in [-0.05, 0) is 36.2 Å². The standard InChI is InChI=1S/C16H18BrNO3/c1-11-5-4-6-18-13(11)10-21-16-14(19-2)7-12(9-17)8-15(16)20-3/h4-8H,9-10H2,1-3H3. The SMILES string of the molecule is COc1cc(CBr)cc(OC)c1OCc1ncccc1C. The molecule has 5 heteroatoms. The van der Waals surface area contributed by atoms with Gasteiger partial charge in [-0.15, -0.1) is 0 Å². The summed E-state index contributed by atoms with van der Waals surface area (Å²) < 4.78 is 16.7. The number of rotatable bonds is 6. The number of benzene rings is 1. The van der Waals surface area contributed by atoms with Crippen molar-refractivity contribution in [3.63, 3.8) is 0 Å². The van der Waals surface area contributed by atoms with Gasteiger partial charge in [0, 0.05) is 11.5 Å². The Morgan fingerprint density at radius 2 is 1.81 bits per heavy atom. The number of halogens is 1. The van der Waals surface area contributed by atoms with Gasteiger partial charge in [-0.3, -0.25) is 4.98 Å². The molecule has 0 fully saturated rings. The van der Waals surface area contributed by atoms with Gasteiger partial charge in [-0.25, -0.2) is 0 Å². The summed E-state index contributed by atoms with van der Waals surface area (Å²) in [6, 6.07) is 7.77. The minimum atomic E-state index is 0.368. The average molecular weight is 352 g/mol. The third-order valence-corrected chi connectivity index (χ3v) is 3.79. The number of aryl methyl sites for hydroxylation is 1. The number of hydrogen-bond acceptors (Lipinski definition) is 4. The van der Waals surface area contributed by atoms with Crippen molar-refractivity contribution in [3.8, 4) is 17.2 Å². The summed E-state index contributed by atoms with van der Waals surface area (Å²) in [6.07, 6.45) is 1.76. The van der Waals surface area contributed by atoms with E-state index in [4.69, 9.17) is 14.2 Å². The third-order valence-electron chi connectivity index (χ3n) is 3.15. The summed E-state index contributed by atoms with van der Waals surface area (Å²) in [5.74, 6) is 1.89. The minimum Gasteiger partial charge on any atom is -0.493 e. The molecule has 0 spiro atoms. The van der Waals surface area contributed by atoms with Crippen molar-refractivity contribution in [2.24, 2.45) is 0 Å². The van der Waals surface area contributed by atoms with E-state index in [9.17, 15) is 0 Å². The average Bonchev–Trinajstić information content (AvgIpc) is 2.53. The number of ether oxygens (including phenoxy) is 3. The lowest BCUT2D eigenvalue weighted by atomic mass is 10.2. The van der Waals surface area contributed by atoms with Gasteiger partial charge in [0.05, 0.1) is 19.9 Å². The highest BCUT2D eigenvalue weighted by atomic mass is 79.9. The summed E-state index contributed by atoms with van der Waals surface area (Å²) in [5.41, 5.74) is 3.05. The molecule has 1 aromatic heterocycles. The lowest BCUT2D eigenvalue weighted by Crippen LogP contribution is -2.03. The second-order valence-corrected chi connectivity index (χ2v) is 5.08. The molecule has 21 heavy (non-hydrogen) atoms. The van der Waals surface area contributed by atoms with Crippen LogP contribution in [0.4, 0.5) is 0 Å². The number of alkyl halides is 1. The van der Waals surface area contributed by atoms with Gasteiger partial charge in [0.25, 0.3) is 0 Å². The molecule has 0 unspecified atom stereocenters. The molecule has 1 heterocycles. The van der Waals surface area contributed by atoms with Crippen LogP contribution in [0.3, 0.4) is 0 Å². The fourth-order valence-corrected chi connectivity index (χ4v) is 2.29. The van der Waals surface area contributed by atoms with Gasteiger partial charge >= 0.3 is 0 Å². The van der Waals surface area contributed by atoms with Crippen molar-refractivity contribution >= 4 is 15.9 Å². The maximum absolute atomic E-state index is 5.89. The lowest BCUT2D eigenvalue weighted by molar-refractivity contribution is 0.262. The molecule has 0 aliphatic heterocycles. The van der Waals surface area contributed by atoms with Crippen LogP contribution in [0.5, 0.6) is 17.2 Å². The molecule has 112 valence electrons. The third kappa shape index (κ3) is 3.67. The van der Waals surface area contributed by atoms with E-state index in [-0.39, 0.29) is 0 Å². The molecule has 0 bridgehead atoms. The Morgan fingerprint density at radius 3 is 2.33 bits per heavy atom. The highest BCUT2D eigenvalue weighted by Gasteiger charge is 2.14. The van der Waals surface area contributed by atoms with Gasteiger partial charge in [0.1, 0.15) is 6.61 Å². The van der Waals surface area contributed by atoms with E-state index in [0.717, 1.165) is 22.2 Å². The van der Waals surface area contributed by atoms with E-state index in [0.29, 0.717) is 23.9 Å². The maximum Gasteiger partial charge on any atom is 0.203 e. The second-order valence-electron chi connectivity index (χ2n) is 4.52. The van der Waals surface area contributed by atoms with E-state index < -0.39 is 0 Å². The summed E-state index contributed by atoms with van der Waals surface area (Å²) in [4.78, 5) is 4.32. The first-order valence-electron chi connectivity index (χ1n) is 6.53. The van der Waals surface area contributed by atoms with Crippen LogP contribution < -0.4 is 14.2 Å². The Bertz CT molecular complexity index is 591. The first-order valence-corrected chi connectivity index (χ1v) is 7.66. The molecule has 0 saturated heterocycles. The molecular formula is C16H18BrNO3. The molecule has 2 aromatic rings. The number of aromatic nitrogens is 1. The Labute approximate surface area is 133 Å². The number of nitrogens with zero attached hydrogens (tertiary/aromatic N) is 1. The molecule has 2 rings (SSSR count). The van der Waals surface area contributed by atoms with Crippen molar-refractivity contribution in [1.82, 2.24) is 4.98 Å². The first kappa shape index (κ1) is 15.6. The molecule has 0 aliphatic carbocycles. The topological polar surface area (TPSA) is 40.6 Å². The van der Waals surface area contributed by atoms with Crippen molar-refractivity contribution in [2.45, 2.75) is 18.9 Å². The zero-order valence-electron chi connectivity index (χ0n) is 12.4. The Hall–Kier alpha value is -1.75. The van der Waals surface area contributed by atoms with Crippen LogP contribution in [-0.2, 0) is 11.9 Å². The van der Waals surface area contributed by atoms with Crippen LogP contribution in [0.2, 0.25) is 0 Å². The van der Waals surface area contributed by atoms with E-state index in [1.54, 1.807) is 20.4 Å². The molecule has 0 amide bonds. The zero-order valence-corrected chi connectivity index (χ0v) is 13.9. The van der Waals surface area contributed by atoms with Crippen molar-refractivity contribution < 1.29 is 14.2 Å². The van der Waals surface area contributed by atoms with Crippen LogP contribution in [0.25, 0.3) is 0 Å². The maximum atomic E-state index is 5.89. The van der Waals surface area contributed by atoms with Crippen molar-refractivity contribution in [2.75, 3.05) is 14.2 Å². The molecule has 1 aromatic carbocycles.